The van der Waals surface area contributed by atoms with E-state index in [1.807, 2.05) is 0 Å². The molecule has 2 aromatic rings. The smallest absolute Gasteiger partial charge is 0.276 e. The van der Waals surface area contributed by atoms with Gasteiger partial charge in [0.05, 0.1) is 17.4 Å². The summed E-state index contributed by atoms with van der Waals surface area (Å²) in [5.74, 6) is -1.62. The number of morpholine rings is 1. The van der Waals surface area contributed by atoms with E-state index in [0.717, 1.165) is 0 Å². The molecule has 2 heterocycles. The Balaban J connectivity index is 1.94. The van der Waals surface area contributed by atoms with Gasteiger partial charge in [0, 0.05) is 28.2 Å². The summed E-state index contributed by atoms with van der Waals surface area (Å²) in [5.41, 5.74) is 1.53. The highest BCUT2D eigenvalue weighted by Crippen LogP contribution is 2.31. The van der Waals surface area contributed by atoms with Crippen LogP contribution in [0, 0.1) is 12.7 Å². The lowest BCUT2D eigenvalue weighted by atomic mass is 9.97. The van der Waals surface area contributed by atoms with Crippen molar-refractivity contribution in [1.82, 2.24) is 19.6 Å². The van der Waals surface area contributed by atoms with Gasteiger partial charge in [0.2, 0.25) is 5.91 Å². The number of ether oxygens (including phenoxy) is 1. The van der Waals surface area contributed by atoms with E-state index in [-0.39, 0.29) is 29.8 Å². The van der Waals surface area contributed by atoms with Gasteiger partial charge in [-0.15, -0.1) is 0 Å². The van der Waals surface area contributed by atoms with Gasteiger partial charge >= 0.3 is 0 Å². The first-order valence-corrected chi connectivity index (χ1v) is 9.30. The summed E-state index contributed by atoms with van der Waals surface area (Å²) in [6, 6.07) is 4.79. The fourth-order valence-corrected chi connectivity index (χ4v) is 3.30. The molecule has 2 unspecified atom stereocenters. The minimum atomic E-state index is -1.06. The number of nitrogens with one attached hydrogen (secondary N) is 1. The number of halogens is 1. The zero-order valence-electron chi connectivity index (χ0n) is 17.5. The number of hydrogen-bond acceptors (Lipinski definition) is 5. The average molecular weight is 417 g/mol. The molecule has 1 N–H and O–H groups in total. The van der Waals surface area contributed by atoms with Crippen molar-refractivity contribution in [2.24, 2.45) is 7.05 Å². The van der Waals surface area contributed by atoms with Crippen molar-refractivity contribution in [1.29, 1.82) is 0 Å². The van der Waals surface area contributed by atoms with Crippen LogP contribution in [0.5, 0.6) is 0 Å². The summed E-state index contributed by atoms with van der Waals surface area (Å²) < 4.78 is 20.4. The van der Waals surface area contributed by atoms with Crippen molar-refractivity contribution in [3.63, 3.8) is 0 Å². The molecular formula is C20H24FN5O4. The summed E-state index contributed by atoms with van der Waals surface area (Å²) in [5, 5.41) is 6.95. The number of anilines is 1. The first-order chi connectivity index (χ1) is 14.1. The largest absolute Gasteiger partial charge is 0.356 e. The highest BCUT2D eigenvalue weighted by Gasteiger charge is 2.40. The number of carbonyl (C=O) groups excluding carboxylic acids is 3. The van der Waals surface area contributed by atoms with Gasteiger partial charge in [0.1, 0.15) is 12.4 Å². The number of carbonyl (C=O) groups is 3. The van der Waals surface area contributed by atoms with Crippen LogP contribution in [0.1, 0.15) is 27.8 Å². The second kappa shape index (κ2) is 8.23. The molecule has 1 fully saturated rings. The van der Waals surface area contributed by atoms with Gasteiger partial charge in [-0.25, -0.2) is 4.39 Å². The van der Waals surface area contributed by atoms with Crippen LogP contribution in [-0.4, -0.2) is 71.2 Å². The van der Waals surface area contributed by atoms with E-state index in [9.17, 15) is 18.8 Å². The third kappa shape index (κ3) is 3.90. The number of rotatable bonds is 4. The molecule has 160 valence electrons. The molecule has 0 radical (unpaired) electrons. The number of aromatic nitrogens is 2. The van der Waals surface area contributed by atoms with Gasteiger partial charge in [0.15, 0.2) is 11.8 Å². The Hall–Kier alpha value is -3.27. The third-order valence-electron chi connectivity index (χ3n) is 5.14. The van der Waals surface area contributed by atoms with Gasteiger partial charge in [0.25, 0.3) is 11.8 Å². The minimum Gasteiger partial charge on any atom is -0.356 e. The van der Waals surface area contributed by atoms with Gasteiger partial charge in [-0.2, -0.15) is 5.10 Å². The number of amides is 3. The quantitative estimate of drug-likeness (QED) is 0.804. The maximum atomic E-state index is 13.4. The molecule has 1 saturated heterocycles. The highest BCUT2D eigenvalue weighted by atomic mass is 19.1. The lowest BCUT2D eigenvalue weighted by Gasteiger charge is -2.38. The minimum absolute atomic E-state index is 0.104. The molecule has 3 rings (SSSR count). The van der Waals surface area contributed by atoms with E-state index in [1.165, 1.54) is 38.7 Å². The Morgan fingerprint density at radius 3 is 2.47 bits per heavy atom. The molecule has 1 aliphatic heterocycles. The summed E-state index contributed by atoms with van der Waals surface area (Å²) in [6.45, 7) is 1.46. The van der Waals surface area contributed by atoms with E-state index in [0.29, 0.717) is 11.3 Å². The normalized spacial score (nSPS) is 19.0. The lowest BCUT2D eigenvalue weighted by Crippen LogP contribution is -2.51. The Labute approximate surface area is 173 Å². The van der Waals surface area contributed by atoms with Crippen molar-refractivity contribution in [3.05, 3.63) is 47.0 Å². The summed E-state index contributed by atoms with van der Waals surface area (Å²) in [7, 11) is 6.42. The molecule has 30 heavy (non-hydrogen) atoms. The van der Waals surface area contributed by atoms with E-state index < -0.39 is 23.9 Å². The first kappa shape index (κ1) is 21.4. The fourth-order valence-electron chi connectivity index (χ4n) is 3.30. The van der Waals surface area contributed by atoms with Crippen LogP contribution in [0.3, 0.4) is 0 Å². The Kier molecular flexibility index (Phi) is 5.88. The van der Waals surface area contributed by atoms with Crippen LogP contribution in [0.4, 0.5) is 10.1 Å². The molecule has 1 aliphatic rings. The molecule has 1 aromatic heterocycles. The number of likely N-dealkylation sites (N-methyl/N-ethyl adjacent to an activating group) is 1. The Bertz CT molecular complexity index is 986. The maximum Gasteiger partial charge on any atom is 0.276 e. The standard InChI is InChI=1S/C20H24FN5O4/c1-11-15(16(23-26(11)5)20(29)24(2)3)22-19(28)18-17(25(4)14(27)10-30-18)12-6-8-13(21)9-7-12/h6-9,17-18H,10H2,1-5H3,(H,22,28). The summed E-state index contributed by atoms with van der Waals surface area (Å²) >= 11 is 0. The second-order valence-corrected chi connectivity index (χ2v) is 7.35. The summed E-state index contributed by atoms with van der Waals surface area (Å²) in [6.07, 6.45) is -1.06. The van der Waals surface area contributed by atoms with E-state index >= 15 is 0 Å². The van der Waals surface area contributed by atoms with Crippen LogP contribution in [0.25, 0.3) is 0 Å². The van der Waals surface area contributed by atoms with Crippen molar-refractivity contribution < 1.29 is 23.5 Å². The summed E-state index contributed by atoms with van der Waals surface area (Å²) in [4.78, 5) is 40.6. The van der Waals surface area contributed by atoms with Gasteiger partial charge in [-0.3, -0.25) is 19.1 Å². The van der Waals surface area contributed by atoms with E-state index in [4.69, 9.17) is 4.74 Å². The molecule has 0 bridgehead atoms. The van der Waals surface area contributed by atoms with Gasteiger partial charge in [-0.1, -0.05) is 12.1 Å². The third-order valence-corrected chi connectivity index (χ3v) is 5.14. The van der Waals surface area contributed by atoms with Crippen LogP contribution >= 0.6 is 0 Å². The molecule has 0 aliphatic carbocycles. The van der Waals surface area contributed by atoms with E-state index in [2.05, 4.69) is 10.4 Å². The number of hydrogen-bond donors (Lipinski definition) is 1. The molecule has 0 spiro atoms. The van der Waals surface area contributed by atoms with Crippen molar-refractivity contribution in [2.45, 2.75) is 19.1 Å². The zero-order chi connectivity index (χ0) is 22.2. The van der Waals surface area contributed by atoms with Gasteiger partial charge in [-0.05, 0) is 24.6 Å². The predicted molar refractivity (Wildman–Crippen MR) is 106 cm³/mol. The van der Waals surface area contributed by atoms with Crippen LogP contribution < -0.4 is 5.32 Å². The zero-order valence-corrected chi connectivity index (χ0v) is 17.5. The van der Waals surface area contributed by atoms with Crippen LogP contribution in [0.15, 0.2) is 24.3 Å². The monoisotopic (exact) mass is 417 g/mol. The van der Waals surface area contributed by atoms with E-state index in [1.54, 1.807) is 35.1 Å². The molecule has 2 atom stereocenters. The lowest BCUT2D eigenvalue weighted by molar-refractivity contribution is -0.160. The van der Waals surface area contributed by atoms with Crippen molar-refractivity contribution in [2.75, 3.05) is 33.1 Å². The van der Waals surface area contributed by atoms with Crippen molar-refractivity contribution >= 4 is 23.4 Å². The Morgan fingerprint density at radius 1 is 1.23 bits per heavy atom. The Morgan fingerprint density at radius 2 is 1.87 bits per heavy atom. The molecule has 3 amide bonds. The highest BCUT2D eigenvalue weighted by molar-refractivity contribution is 6.04. The molecular weight excluding hydrogens is 393 g/mol. The molecule has 9 nitrogen and oxygen atoms in total. The van der Waals surface area contributed by atoms with Gasteiger partial charge < -0.3 is 19.9 Å². The number of aryl methyl sites for hydroxylation is 1. The fraction of sp³-hybridized carbons (Fsp3) is 0.400. The molecule has 1 aromatic carbocycles. The SMILES string of the molecule is Cc1c(NC(=O)C2OCC(=O)N(C)C2c2ccc(F)cc2)c(C(=O)N(C)C)nn1C. The number of benzene rings is 1. The number of nitrogens with zero attached hydrogens (tertiary/aromatic N) is 4. The molecule has 10 heteroatoms. The molecule has 0 saturated carbocycles. The van der Waals surface area contributed by atoms with Crippen LogP contribution in [-0.2, 0) is 21.4 Å². The maximum absolute atomic E-state index is 13.4. The predicted octanol–water partition coefficient (Wildman–Crippen LogP) is 1.11. The average Bonchev–Trinajstić information content (AvgIpc) is 2.98. The van der Waals surface area contributed by atoms with Crippen molar-refractivity contribution in [3.8, 4) is 0 Å². The topological polar surface area (TPSA) is 96.8 Å². The second-order valence-electron chi connectivity index (χ2n) is 7.35. The first-order valence-electron chi connectivity index (χ1n) is 9.30. The van der Waals surface area contributed by atoms with Crippen LogP contribution in [0.2, 0.25) is 0 Å².